The Bertz CT molecular complexity index is 1440. The highest BCUT2D eigenvalue weighted by Gasteiger charge is 2.48. The van der Waals surface area contributed by atoms with Crippen molar-refractivity contribution in [2.75, 3.05) is 19.5 Å². The fourth-order valence-electron chi connectivity index (χ4n) is 4.45. The molecule has 0 radical (unpaired) electrons. The predicted octanol–water partition coefficient (Wildman–Crippen LogP) is 3.52. The lowest BCUT2D eigenvalue weighted by Crippen LogP contribution is -2.31. The number of amides is 1. The number of fused-ring (bicyclic) bond motifs is 4. The predicted molar refractivity (Wildman–Crippen MR) is 119 cm³/mol. The Morgan fingerprint density at radius 1 is 1.18 bits per heavy atom. The number of anilines is 2. The van der Waals surface area contributed by atoms with Crippen LogP contribution in [-0.2, 0) is 0 Å². The molecule has 10 heteroatoms. The summed E-state index contributed by atoms with van der Waals surface area (Å²) in [6, 6.07) is 6.73. The van der Waals surface area contributed by atoms with Gasteiger partial charge in [-0.15, -0.1) is 0 Å². The Kier molecular flexibility index (Phi) is 4.22. The number of hydrogen-bond donors (Lipinski definition) is 3. The maximum absolute atomic E-state index is 14.4. The lowest BCUT2D eigenvalue weighted by atomic mass is 10.0. The van der Waals surface area contributed by atoms with E-state index in [9.17, 15) is 9.18 Å². The zero-order valence-electron chi connectivity index (χ0n) is 17.8. The van der Waals surface area contributed by atoms with E-state index < -0.39 is 5.82 Å². The standard InChI is InChI=1S/C23H19FN6O3/c1-32-21-12(24)4-3-5-13(21)27-20-16-18(11-8-14(11)28-22(16)31)29-19(20)10-6-7-25-15-9-26-23(33-2)30-17(10)15/h3-7,9,11,14,27,29H,8H2,1-2H3,(H,28,31)/t11-,14+/m1/s1. The van der Waals surface area contributed by atoms with Crippen LogP contribution in [0.15, 0.2) is 36.7 Å². The first-order chi connectivity index (χ1) is 16.1. The normalized spacial score (nSPS) is 18.3. The first-order valence-electron chi connectivity index (χ1n) is 10.4. The minimum Gasteiger partial charge on any atom is -0.492 e. The van der Waals surface area contributed by atoms with E-state index in [1.807, 2.05) is 6.07 Å². The molecule has 3 aromatic heterocycles. The molecule has 0 spiro atoms. The Hall–Kier alpha value is -4.21. The number of rotatable bonds is 5. The summed E-state index contributed by atoms with van der Waals surface area (Å²) in [7, 11) is 2.89. The number of carbonyl (C=O) groups is 1. The molecule has 2 aliphatic rings. The number of ether oxygens (including phenoxy) is 2. The van der Waals surface area contributed by atoms with E-state index >= 15 is 0 Å². The van der Waals surface area contributed by atoms with Gasteiger partial charge in [-0.2, -0.15) is 4.98 Å². The van der Waals surface area contributed by atoms with Crippen LogP contribution in [0.1, 0.15) is 28.4 Å². The summed E-state index contributed by atoms with van der Waals surface area (Å²) in [5.41, 5.74) is 4.75. The lowest BCUT2D eigenvalue weighted by Gasteiger charge is -2.16. The molecular formula is C23H19FN6O3. The number of methoxy groups -OCH3 is 2. The molecular weight excluding hydrogens is 427 g/mol. The van der Waals surface area contributed by atoms with E-state index in [-0.39, 0.29) is 29.6 Å². The summed E-state index contributed by atoms with van der Waals surface area (Å²) in [5, 5.41) is 6.28. The molecule has 6 rings (SSSR count). The summed E-state index contributed by atoms with van der Waals surface area (Å²) >= 11 is 0. The van der Waals surface area contributed by atoms with Gasteiger partial charge < -0.3 is 25.1 Å². The topological polar surface area (TPSA) is 114 Å². The Morgan fingerprint density at radius 3 is 2.88 bits per heavy atom. The zero-order valence-corrected chi connectivity index (χ0v) is 17.8. The number of halogens is 1. The highest BCUT2D eigenvalue weighted by molar-refractivity contribution is 6.09. The van der Waals surface area contributed by atoms with Crippen molar-refractivity contribution in [1.82, 2.24) is 25.3 Å². The van der Waals surface area contributed by atoms with Crippen LogP contribution in [0.3, 0.4) is 0 Å². The number of para-hydroxylation sites is 1. The molecule has 1 aliphatic heterocycles. The van der Waals surface area contributed by atoms with Crippen LogP contribution in [0.25, 0.3) is 22.3 Å². The number of carbonyl (C=O) groups excluding carboxylic acids is 1. The van der Waals surface area contributed by atoms with Gasteiger partial charge in [0.05, 0.1) is 43.0 Å². The van der Waals surface area contributed by atoms with E-state index in [0.29, 0.717) is 39.2 Å². The van der Waals surface area contributed by atoms with Gasteiger partial charge in [0.2, 0.25) is 0 Å². The van der Waals surface area contributed by atoms with Gasteiger partial charge in [-0.1, -0.05) is 6.07 Å². The summed E-state index contributed by atoms with van der Waals surface area (Å²) in [4.78, 5) is 29.5. The summed E-state index contributed by atoms with van der Waals surface area (Å²) < 4.78 is 24.9. The summed E-state index contributed by atoms with van der Waals surface area (Å²) in [6.07, 6.45) is 4.11. The fraction of sp³-hybridized carbons (Fsp3) is 0.217. The first kappa shape index (κ1) is 19.5. The van der Waals surface area contributed by atoms with Gasteiger partial charge >= 0.3 is 6.01 Å². The van der Waals surface area contributed by atoms with E-state index in [4.69, 9.17) is 9.47 Å². The van der Waals surface area contributed by atoms with Gasteiger partial charge in [0.1, 0.15) is 11.0 Å². The van der Waals surface area contributed by atoms with E-state index in [0.717, 1.165) is 12.1 Å². The molecule has 1 saturated carbocycles. The van der Waals surface area contributed by atoms with Gasteiger partial charge in [0, 0.05) is 29.4 Å². The third kappa shape index (κ3) is 2.98. The van der Waals surface area contributed by atoms with Gasteiger partial charge in [-0.05, 0) is 24.6 Å². The van der Waals surface area contributed by atoms with Crippen LogP contribution < -0.4 is 20.1 Å². The number of aromatic nitrogens is 4. The Morgan fingerprint density at radius 2 is 2.06 bits per heavy atom. The highest BCUT2D eigenvalue weighted by Crippen LogP contribution is 2.50. The number of pyridine rings is 1. The van der Waals surface area contributed by atoms with Crippen LogP contribution in [0.4, 0.5) is 15.8 Å². The second-order valence-corrected chi connectivity index (χ2v) is 7.98. The van der Waals surface area contributed by atoms with E-state index in [1.54, 1.807) is 24.5 Å². The van der Waals surface area contributed by atoms with Gasteiger partial charge in [0.25, 0.3) is 5.91 Å². The molecule has 4 heterocycles. The largest absolute Gasteiger partial charge is 0.492 e. The molecule has 1 aliphatic carbocycles. The van der Waals surface area contributed by atoms with Crippen LogP contribution in [0.5, 0.6) is 11.8 Å². The maximum Gasteiger partial charge on any atom is 0.316 e. The second-order valence-electron chi connectivity index (χ2n) is 7.98. The van der Waals surface area contributed by atoms with Crippen molar-refractivity contribution in [2.45, 2.75) is 18.4 Å². The fourth-order valence-corrected chi connectivity index (χ4v) is 4.45. The molecule has 1 aromatic carbocycles. The van der Waals surface area contributed by atoms with Crippen LogP contribution >= 0.6 is 0 Å². The maximum atomic E-state index is 14.4. The van der Waals surface area contributed by atoms with Crippen molar-refractivity contribution in [3.63, 3.8) is 0 Å². The molecule has 33 heavy (non-hydrogen) atoms. The average molecular weight is 446 g/mol. The van der Waals surface area contributed by atoms with Crippen molar-refractivity contribution < 1.29 is 18.7 Å². The third-order valence-corrected chi connectivity index (χ3v) is 6.07. The first-order valence-corrected chi connectivity index (χ1v) is 10.4. The number of benzene rings is 1. The molecule has 9 nitrogen and oxygen atoms in total. The molecule has 1 fully saturated rings. The van der Waals surface area contributed by atoms with Gasteiger partial charge in [-0.25, -0.2) is 9.37 Å². The third-order valence-electron chi connectivity index (χ3n) is 6.07. The SMILES string of the molecule is COc1ncc2nccc(-c3[nH]c4c(c3Nc3cccc(F)c3OC)C(=O)N[C@H]3C[C@@H]43)c2n1. The number of nitrogens with one attached hydrogen (secondary N) is 3. The number of nitrogens with zero attached hydrogens (tertiary/aromatic N) is 3. The minimum atomic E-state index is -0.507. The van der Waals surface area contributed by atoms with Crippen molar-refractivity contribution in [3.8, 4) is 23.0 Å². The van der Waals surface area contributed by atoms with Crippen molar-refractivity contribution in [3.05, 3.63) is 53.7 Å². The lowest BCUT2D eigenvalue weighted by molar-refractivity contribution is 0.0944. The van der Waals surface area contributed by atoms with Crippen molar-refractivity contribution >= 4 is 28.3 Å². The van der Waals surface area contributed by atoms with Crippen LogP contribution in [-0.4, -0.2) is 46.1 Å². The minimum absolute atomic E-state index is 0.0579. The van der Waals surface area contributed by atoms with E-state index in [2.05, 4.69) is 30.6 Å². The van der Waals surface area contributed by atoms with Gasteiger partial charge in [0.15, 0.2) is 11.6 Å². The average Bonchev–Trinajstić information content (AvgIpc) is 3.50. The quantitative estimate of drug-likeness (QED) is 0.430. The smallest absolute Gasteiger partial charge is 0.316 e. The van der Waals surface area contributed by atoms with Gasteiger partial charge in [-0.3, -0.25) is 9.78 Å². The molecule has 0 saturated heterocycles. The van der Waals surface area contributed by atoms with Crippen LogP contribution in [0.2, 0.25) is 0 Å². The Balaban J connectivity index is 1.60. The molecule has 3 N–H and O–H groups in total. The molecule has 166 valence electrons. The molecule has 4 aromatic rings. The van der Waals surface area contributed by atoms with E-state index in [1.165, 1.54) is 20.3 Å². The molecule has 1 amide bonds. The summed E-state index contributed by atoms with van der Waals surface area (Å²) in [5.74, 6) is -0.428. The van der Waals surface area contributed by atoms with Crippen molar-refractivity contribution in [1.29, 1.82) is 0 Å². The molecule has 2 atom stereocenters. The molecule has 0 unspecified atom stereocenters. The monoisotopic (exact) mass is 446 g/mol. The zero-order chi connectivity index (χ0) is 22.7. The van der Waals surface area contributed by atoms with Crippen molar-refractivity contribution in [2.24, 2.45) is 0 Å². The van der Waals surface area contributed by atoms with Crippen LogP contribution in [0, 0.1) is 5.82 Å². The number of aromatic amines is 1. The number of H-pyrrole nitrogens is 1. The second kappa shape index (κ2) is 7.16. The number of hydrogen-bond acceptors (Lipinski definition) is 7. The Labute approximate surface area is 187 Å². The molecule has 0 bridgehead atoms. The summed E-state index contributed by atoms with van der Waals surface area (Å²) in [6.45, 7) is 0. The highest BCUT2D eigenvalue weighted by atomic mass is 19.1.